The standard InChI is InChI=1S/C7H11NO2/c1-2-3-4-5-6-8-7(9)10/h1,8H,3-6H2,(H,9,10). The summed E-state index contributed by atoms with van der Waals surface area (Å²) in [6, 6.07) is 0. The van der Waals surface area contributed by atoms with E-state index in [1.54, 1.807) is 0 Å². The molecule has 3 heteroatoms. The molecule has 0 spiro atoms. The number of hydrogen-bond acceptors (Lipinski definition) is 1. The maximum absolute atomic E-state index is 9.88. The van der Waals surface area contributed by atoms with Crippen LogP contribution in [-0.2, 0) is 0 Å². The molecule has 0 rings (SSSR count). The number of unbranched alkanes of at least 4 members (excludes halogenated alkanes) is 2. The second kappa shape index (κ2) is 5.96. The molecule has 0 aromatic rings. The van der Waals surface area contributed by atoms with Crippen molar-refractivity contribution in [3.05, 3.63) is 0 Å². The molecule has 56 valence electrons. The largest absolute Gasteiger partial charge is 0.465 e. The van der Waals surface area contributed by atoms with Gasteiger partial charge in [-0.1, -0.05) is 0 Å². The van der Waals surface area contributed by atoms with Crippen molar-refractivity contribution in [1.82, 2.24) is 5.32 Å². The van der Waals surface area contributed by atoms with Crippen LogP contribution in [0.1, 0.15) is 19.3 Å². The molecule has 0 bridgehead atoms. The molecule has 3 nitrogen and oxygen atoms in total. The summed E-state index contributed by atoms with van der Waals surface area (Å²) in [5.74, 6) is 2.48. The van der Waals surface area contributed by atoms with E-state index in [2.05, 4.69) is 11.2 Å². The first kappa shape index (κ1) is 8.83. The van der Waals surface area contributed by atoms with Crippen molar-refractivity contribution < 1.29 is 9.90 Å². The number of amides is 1. The minimum atomic E-state index is -0.972. The molecule has 0 saturated carbocycles. The van der Waals surface area contributed by atoms with Crippen LogP contribution in [0.3, 0.4) is 0 Å². The van der Waals surface area contributed by atoms with Crippen LogP contribution in [0.25, 0.3) is 0 Å². The molecule has 0 aromatic heterocycles. The van der Waals surface area contributed by atoms with Gasteiger partial charge in [-0.15, -0.1) is 12.3 Å². The highest BCUT2D eigenvalue weighted by molar-refractivity contribution is 5.64. The van der Waals surface area contributed by atoms with Crippen molar-refractivity contribution in [3.63, 3.8) is 0 Å². The summed E-state index contributed by atoms with van der Waals surface area (Å²) in [6.45, 7) is 0.497. The van der Waals surface area contributed by atoms with Gasteiger partial charge in [-0.3, -0.25) is 0 Å². The minimum absolute atomic E-state index is 0.497. The first-order valence-electron chi connectivity index (χ1n) is 3.17. The van der Waals surface area contributed by atoms with Crippen LogP contribution in [0.15, 0.2) is 0 Å². The van der Waals surface area contributed by atoms with Gasteiger partial charge in [0.25, 0.3) is 0 Å². The van der Waals surface area contributed by atoms with Crippen LogP contribution in [0, 0.1) is 12.3 Å². The molecule has 0 radical (unpaired) electrons. The maximum atomic E-state index is 9.88. The fourth-order valence-electron chi connectivity index (χ4n) is 0.547. The molecule has 0 heterocycles. The van der Waals surface area contributed by atoms with Crippen LogP contribution in [0.2, 0.25) is 0 Å². The number of nitrogens with one attached hydrogen (secondary N) is 1. The average Bonchev–Trinajstić information content (AvgIpc) is 1.87. The van der Waals surface area contributed by atoms with Gasteiger partial charge in [0.15, 0.2) is 0 Å². The Kier molecular flexibility index (Phi) is 5.26. The summed E-state index contributed by atoms with van der Waals surface area (Å²) in [6.07, 6.45) is 6.44. The lowest BCUT2D eigenvalue weighted by molar-refractivity contribution is 0.194. The van der Waals surface area contributed by atoms with E-state index in [0.717, 1.165) is 19.3 Å². The number of carboxylic acid groups (broad SMARTS) is 1. The predicted molar refractivity (Wildman–Crippen MR) is 38.7 cm³/mol. The zero-order chi connectivity index (χ0) is 7.82. The molecular formula is C7H11NO2. The van der Waals surface area contributed by atoms with Gasteiger partial charge in [0.2, 0.25) is 0 Å². The highest BCUT2D eigenvalue weighted by Gasteiger charge is 1.91. The Bertz CT molecular complexity index is 137. The Morgan fingerprint density at radius 1 is 1.60 bits per heavy atom. The van der Waals surface area contributed by atoms with Crippen molar-refractivity contribution in [2.45, 2.75) is 19.3 Å². The monoisotopic (exact) mass is 141 g/mol. The molecule has 0 saturated heterocycles. The summed E-state index contributed by atoms with van der Waals surface area (Å²) in [5, 5.41) is 10.4. The molecule has 0 aliphatic heterocycles. The van der Waals surface area contributed by atoms with Crippen LogP contribution in [0.4, 0.5) is 4.79 Å². The second-order valence-electron chi connectivity index (χ2n) is 1.89. The minimum Gasteiger partial charge on any atom is -0.465 e. The van der Waals surface area contributed by atoms with Gasteiger partial charge in [-0.05, 0) is 12.8 Å². The zero-order valence-corrected chi connectivity index (χ0v) is 5.76. The summed E-state index contributed by atoms with van der Waals surface area (Å²) in [4.78, 5) is 9.88. The predicted octanol–water partition coefficient (Wildman–Crippen LogP) is 1.06. The summed E-state index contributed by atoms with van der Waals surface area (Å²) >= 11 is 0. The van der Waals surface area contributed by atoms with Crippen molar-refractivity contribution in [2.75, 3.05) is 6.54 Å². The van der Waals surface area contributed by atoms with E-state index < -0.39 is 6.09 Å². The van der Waals surface area contributed by atoms with E-state index in [1.165, 1.54) is 0 Å². The highest BCUT2D eigenvalue weighted by Crippen LogP contribution is 1.90. The SMILES string of the molecule is C#CCCCCNC(=O)O. The van der Waals surface area contributed by atoms with E-state index in [4.69, 9.17) is 11.5 Å². The van der Waals surface area contributed by atoms with Crippen LogP contribution in [0.5, 0.6) is 0 Å². The van der Waals surface area contributed by atoms with E-state index in [9.17, 15) is 4.79 Å². The third-order valence-electron chi connectivity index (χ3n) is 1.02. The van der Waals surface area contributed by atoms with Crippen molar-refractivity contribution in [1.29, 1.82) is 0 Å². The average molecular weight is 141 g/mol. The van der Waals surface area contributed by atoms with E-state index in [-0.39, 0.29) is 0 Å². The Morgan fingerprint density at radius 2 is 2.30 bits per heavy atom. The van der Waals surface area contributed by atoms with Gasteiger partial charge in [0, 0.05) is 13.0 Å². The molecule has 0 aromatic carbocycles. The molecule has 0 aliphatic carbocycles. The van der Waals surface area contributed by atoms with Crippen LogP contribution >= 0.6 is 0 Å². The van der Waals surface area contributed by atoms with Gasteiger partial charge < -0.3 is 10.4 Å². The van der Waals surface area contributed by atoms with Crippen molar-refractivity contribution in [2.24, 2.45) is 0 Å². The van der Waals surface area contributed by atoms with E-state index in [0.29, 0.717) is 6.54 Å². The quantitative estimate of drug-likeness (QED) is 0.454. The number of hydrogen-bond donors (Lipinski definition) is 2. The summed E-state index contributed by atoms with van der Waals surface area (Å²) in [5.41, 5.74) is 0. The number of carbonyl (C=O) groups is 1. The lowest BCUT2D eigenvalue weighted by Gasteiger charge is -1.96. The normalized spacial score (nSPS) is 8.30. The number of terminal acetylenes is 1. The summed E-state index contributed by atoms with van der Waals surface area (Å²) in [7, 11) is 0. The molecule has 2 N–H and O–H groups in total. The number of rotatable bonds is 4. The van der Waals surface area contributed by atoms with Gasteiger partial charge in [-0.2, -0.15) is 0 Å². The molecular weight excluding hydrogens is 130 g/mol. The van der Waals surface area contributed by atoms with Gasteiger partial charge in [-0.25, -0.2) is 4.79 Å². The topological polar surface area (TPSA) is 49.3 Å². The van der Waals surface area contributed by atoms with Crippen molar-refractivity contribution >= 4 is 6.09 Å². The first-order chi connectivity index (χ1) is 4.77. The highest BCUT2D eigenvalue weighted by atomic mass is 16.4. The Morgan fingerprint density at radius 3 is 2.80 bits per heavy atom. The molecule has 1 amide bonds. The van der Waals surface area contributed by atoms with Gasteiger partial charge in [0.1, 0.15) is 0 Å². The fourth-order valence-corrected chi connectivity index (χ4v) is 0.547. The molecule has 0 atom stereocenters. The van der Waals surface area contributed by atoms with Crippen molar-refractivity contribution in [3.8, 4) is 12.3 Å². The Labute approximate surface area is 60.4 Å². The fraction of sp³-hybridized carbons (Fsp3) is 0.571. The van der Waals surface area contributed by atoms with E-state index in [1.807, 2.05) is 0 Å². The second-order valence-corrected chi connectivity index (χ2v) is 1.89. The first-order valence-corrected chi connectivity index (χ1v) is 3.17. The molecule has 0 fully saturated rings. The molecule has 10 heavy (non-hydrogen) atoms. The maximum Gasteiger partial charge on any atom is 0.404 e. The van der Waals surface area contributed by atoms with E-state index >= 15 is 0 Å². The molecule has 0 aliphatic rings. The van der Waals surface area contributed by atoms with Crippen LogP contribution < -0.4 is 5.32 Å². The third-order valence-corrected chi connectivity index (χ3v) is 1.02. The smallest absolute Gasteiger partial charge is 0.404 e. The third kappa shape index (κ3) is 6.83. The summed E-state index contributed by atoms with van der Waals surface area (Å²) < 4.78 is 0. The lowest BCUT2D eigenvalue weighted by atomic mass is 10.2. The lowest BCUT2D eigenvalue weighted by Crippen LogP contribution is -2.21. The van der Waals surface area contributed by atoms with Gasteiger partial charge >= 0.3 is 6.09 Å². The van der Waals surface area contributed by atoms with Crippen LogP contribution in [-0.4, -0.2) is 17.7 Å². The van der Waals surface area contributed by atoms with Gasteiger partial charge in [0.05, 0.1) is 0 Å². The molecule has 0 unspecified atom stereocenters. The Balaban J connectivity index is 2.92. The zero-order valence-electron chi connectivity index (χ0n) is 5.76. The Hall–Kier alpha value is -1.17.